The van der Waals surface area contributed by atoms with Crippen LogP contribution in [-0.4, -0.2) is 40.1 Å². The molecule has 0 aliphatic rings. The predicted octanol–water partition coefficient (Wildman–Crippen LogP) is 1.17. The van der Waals surface area contributed by atoms with Crippen molar-refractivity contribution in [3.8, 4) is 0 Å². The molecule has 0 saturated heterocycles. The number of carbonyl (C=O) groups excluding carboxylic acids is 1. The Bertz CT molecular complexity index is 490. The fourth-order valence-corrected chi connectivity index (χ4v) is 2.08. The lowest BCUT2D eigenvalue weighted by Gasteiger charge is -2.32. The van der Waals surface area contributed by atoms with E-state index in [0.717, 1.165) is 5.56 Å². The Morgan fingerprint density at radius 1 is 1.38 bits per heavy atom. The van der Waals surface area contributed by atoms with Crippen LogP contribution in [-0.2, 0) is 11.3 Å². The van der Waals surface area contributed by atoms with Crippen LogP contribution in [0.5, 0.6) is 0 Å². The van der Waals surface area contributed by atoms with Crippen LogP contribution in [0, 0.1) is 5.41 Å². The van der Waals surface area contributed by atoms with E-state index in [9.17, 15) is 9.90 Å². The van der Waals surface area contributed by atoms with Gasteiger partial charge in [0, 0.05) is 13.1 Å². The summed E-state index contributed by atoms with van der Waals surface area (Å²) in [5.41, 5.74) is 5.55. The molecule has 1 atom stereocenters. The maximum atomic E-state index is 12.7. The van der Waals surface area contributed by atoms with Gasteiger partial charge in [0.15, 0.2) is 5.84 Å². The molecule has 0 fully saturated rings. The first kappa shape index (κ1) is 17.0. The van der Waals surface area contributed by atoms with Crippen LogP contribution >= 0.6 is 0 Å². The second-order valence-corrected chi connectivity index (χ2v) is 5.11. The summed E-state index contributed by atoms with van der Waals surface area (Å²) in [5.74, 6) is -0.385. The summed E-state index contributed by atoms with van der Waals surface area (Å²) in [6, 6.07) is 9.49. The highest BCUT2D eigenvalue weighted by Gasteiger charge is 2.39. The van der Waals surface area contributed by atoms with E-state index < -0.39 is 5.41 Å². The average molecular weight is 293 g/mol. The van der Waals surface area contributed by atoms with E-state index in [4.69, 9.17) is 10.9 Å². The van der Waals surface area contributed by atoms with Crippen LogP contribution in [0.2, 0.25) is 0 Å². The third kappa shape index (κ3) is 3.95. The minimum Gasteiger partial charge on any atom is -0.409 e. The third-order valence-corrected chi connectivity index (χ3v) is 3.73. The van der Waals surface area contributed by atoms with Gasteiger partial charge in [-0.2, -0.15) is 0 Å². The molecule has 1 aromatic rings. The summed E-state index contributed by atoms with van der Waals surface area (Å²) in [4.78, 5) is 14.3. The molecular formula is C15H23N3O3. The number of nitrogens with two attached hydrogens (primary N) is 1. The Labute approximate surface area is 124 Å². The number of hydrogen-bond acceptors (Lipinski definition) is 4. The molecule has 0 radical (unpaired) electrons. The molecule has 4 N–H and O–H groups in total. The van der Waals surface area contributed by atoms with Crippen molar-refractivity contribution in [2.75, 3.05) is 13.2 Å². The maximum Gasteiger partial charge on any atom is 0.236 e. The molecule has 1 aromatic carbocycles. The lowest BCUT2D eigenvalue weighted by atomic mass is 9.84. The first-order chi connectivity index (χ1) is 9.99. The van der Waals surface area contributed by atoms with Gasteiger partial charge in [0.1, 0.15) is 5.41 Å². The number of nitrogens with zero attached hydrogens (tertiary/aromatic N) is 2. The van der Waals surface area contributed by atoms with Crippen molar-refractivity contribution in [2.45, 2.75) is 26.8 Å². The first-order valence-corrected chi connectivity index (χ1v) is 6.91. The van der Waals surface area contributed by atoms with Crippen LogP contribution < -0.4 is 5.73 Å². The Morgan fingerprint density at radius 3 is 2.48 bits per heavy atom. The van der Waals surface area contributed by atoms with E-state index in [1.54, 1.807) is 13.8 Å². The van der Waals surface area contributed by atoms with E-state index in [-0.39, 0.29) is 24.9 Å². The molecular weight excluding hydrogens is 270 g/mol. The highest BCUT2D eigenvalue weighted by Crippen LogP contribution is 2.25. The van der Waals surface area contributed by atoms with Gasteiger partial charge < -0.3 is 20.9 Å². The molecule has 0 saturated carbocycles. The van der Waals surface area contributed by atoms with Crippen LogP contribution in [0.3, 0.4) is 0 Å². The number of amides is 1. The Hall–Kier alpha value is -2.08. The number of aliphatic hydroxyl groups excluding tert-OH is 1. The molecule has 0 bridgehead atoms. The highest BCUT2D eigenvalue weighted by molar-refractivity contribution is 6.06. The topological polar surface area (TPSA) is 99.2 Å². The van der Waals surface area contributed by atoms with E-state index in [0.29, 0.717) is 13.0 Å². The zero-order valence-corrected chi connectivity index (χ0v) is 12.5. The van der Waals surface area contributed by atoms with Crippen molar-refractivity contribution >= 4 is 11.7 Å². The normalized spacial score (nSPS) is 14.5. The summed E-state index contributed by atoms with van der Waals surface area (Å²) in [7, 11) is 0. The Balaban J connectivity index is 3.01. The highest BCUT2D eigenvalue weighted by atomic mass is 16.4. The Kier molecular flexibility index (Phi) is 6.17. The van der Waals surface area contributed by atoms with E-state index in [1.165, 1.54) is 4.90 Å². The number of carbonyl (C=O) groups is 1. The van der Waals surface area contributed by atoms with Gasteiger partial charge in [-0.3, -0.25) is 4.79 Å². The fraction of sp³-hybridized carbons (Fsp3) is 0.467. The summed E-state index contributed by atoms with van der Waals surface area (Å²) in [6.45, 7) is 3.86. The molecule has 21 heavy (non-hydrogen) atoms. The lowest BCUT2D eigenvalue weighted by molar-refractivity contribution is -0.139. The Morgan fingerprint density at radius 2 is 2.00 bits per heavy atom. The van der Waals surface area contributed by atoms with Gasteiger partial charge in [-0.1, -0.05) is 42.4 Å². The van der Waals surface area contributed by atoms with E-state index in [2.05, 4.69) is 5.16 Å². The van der Waals surface area contributed by atoms with Gasteiger partial charge in [-0.25, -0.2) is 0 Å². The van der Waals surface area contributed by atoms with Crippen molar-refractivity contribution < 1.29 is 15.1 Å². The van der Waals surface area contributed by atoms with Crippen molar-refractivity contribution in [3.05, 3.63) is 35.9 Å². The predicted molar refractivity (Wildman–Crippen MR) is 80.8 cm³/mol. The molecule has 1 rings (SSSR count). The molecule has 6 nitrogen and oxygen atoms in total. The summed E-state index contributed by atoms with van der Waals surface area (Å²) >= 11 is 0. The van der Waals surface area contributed by atoms with E-state index in [1.807, 2.05) is 30.3 Å². The minimum absolute atomic E-state index is 0.119. The lowest BCUT2D eigenvalue weighted by Crippen LogP contribution is -2.49. The van der Waals surface area contributed by atoms with E-state index >= 15 is 0 Å². The smallest absolute Gasteiger partial charge is 0.236 e. The van der Waals surface area contributed by atoms with Crippen LogP contribution in [0.25, 0.3) is 0 Å². The summed E-state index contributed by atoms with van der Waals surface area (Å²) in [5, 5.41) is 21.1. The van der Waals surface area contributed by atoms with Gasteiger partial charge in [-0.15, -0.1) is 0 Å². The average Bonchev–Trinajstić information content (AvgIpc) is 2.53. The first-order valence-electron chi connectivity index (χ1n) is 6.91. The van der Waals surface area contributed by atoms with Crippen molar-refractivity contribution in [3.63, 3.8) is 0 Å². The van der Waals surface area contributed by atoms with Gasteiger partial charge in [-0.05, 0) is 18.9 Å². The zero-order chi connectivity index (χ0) is 15.9. The van der Waals surface area contributed by atoms with Crippen LogP contribution in [0.4, 0.5) is 0 Å². The van der Waals surface area contributed by atoms with Gasteiger partial charge in [0.25, 0.3) is 0 Å². The molecule has 0 aliphatic heterocycles. The van der Waals surface area contributed by atoms with Gasteiger partial charge in [0.05, 0.1) is 6.61 Å². The van der Waals surface area contributed by atoms with Gasteiger partial charge in [0.2, 0.25) is 5.91 Å². The second kappa shape index (κ2) is 7.64. The van der Waals surface area contributed by atoms with Crippen molar-refractivity contribution in [1.29, 1.82) is 0 Å². The number of hydrogen-bond donors (Lipinski definition) is 3. The second-order valence-electron chi connectivity index (χ2n) is 5.11. The molecule has 0 spiro atoms. The SMILES string of the molecule is CCC(C)(C(=O)N(CCO)Cc1ccccc1)/C(N)=N/O. The molecule has 1 amide bonds. The minimum atomic E-state index is -1.08. The standard InChI is InChI=1S/C15H23N3O3/c1-3-15(2,13(16)17-21)14(20)18(9-10-19)11-12-7-5-4-6-8-12/h4-8,19,21H,3,9-11H2,1-2H3,(H2,16,17). The van der Waals surface area contributed by atoms with Crippen molar-refractivity contribution in [2.24, 2.45) is 16.3 Å². The maximum absolute atomic E-state index is 12.7. The monoisotopic (exact) mass is 293 g/mol. The molecule has 116 valence electrons. The van der Waals surface area contributed by atoms with Crippen LogP contribution in [0.15, 0.2) is 35.5 Å². The molecule has 0 aliphatic carbocycles. The number of oxime groups is 1. The third-order valence-electron chi connectivity index (χ3n) is 3.73. The molecule has 1 unspecified atom stereocenters. The fourth-order valence-electron chi connectivity index (χ4n) is 2.08. The van der Waals surface area contributed by atoms with Crippen molar-refractivity contribution in [1.82, 2.24) is 4.90 Å². The number of benzene rings is 1. The summed E-state index contributed by atoms with van der Waals surface area (Å²) < 4.78 is 0. The molecule has 6 heteroatoms. The zero-order valence-electron chi connectivity index (χ0n) is 12.5. The number of rotatable bonds is 7. The quantitative estimate of drug-likeness (QED) is 0.304. The molecule has 0 heterocycles. The van der Waals surface area contributed by atoms with Gasteiger partial charge >= 0.3 is 0 Å². The molecule has 0 aromatic heterocycles. The number of amidine groups is 1. The number of aliphatic hydroxyl groups is 1. The largest absolute Gasteiger partial charge is 0.409 e. The van der Waals surface area contributed by atoms with Crippen LogP contribution in [0.1, 0.15) is 25.8 Å². The summed E-state index contributed by atoms with van der Waals surface area (Å²) in [6.07, 6.45) is 0.401.